The number of hydrogen-bond acceptors (Lipinski definition) is 6. The number of aliphatic hydroxyl groups excluding tert-OH is 1. The van der Waals surface area contributed by atoms with Gasteiger partial charge >= 0.3 is 0 Å². The summed E-state index contributed by atoms with van der Waals surface area (Å²) in [4.78, 5) is 12.3. The van der Waals surface area contributed by atoms with E-state index in [0.717, 1.165) is 0 Å². The normalized spacial score (nSPS) is 12.0. The number of rotatable bonds is 10. The van der Waals surface area contributed by atoms with Crippen LogP contribution in [0.1, 0.15) is 17.3 Å². The van der Waals surface area contributed by atoms with Gasteiger partial charge in [-0.25, -0.2) is 0 Å². The smallest absolute Gasteiger partial charge is 0.179 e. The number of aliphatic hydroxyl groups is 1. The van der Waals surface area contributed by atoms with Gasteiger partial charge < -0.3 is 24.6 Å². The van der Waals surface area contributed by atoms with E-state index in [1.165, 1.54) is 7.11 Å². The average molecular weight is 297 g/mol. The van der Waals surface area contributed by atoms with Crippen LogP contribution in [0, 0.1) is 0 Å². The fraction of sp³-hybridized carbons (Fsp3) is 0.533. The van der Waals surface area contributed by atoms with E-state index in [2.05, 4.69) is 5.32 Å². The van der Waals surface area contributed by atoms with E-state index in [1.807, 2.05) is 0 Å². The van der Waals surface area contributed by atoms with Crippen LogP contribution in [-0.2, 0) is 4.74 Å². The molecule has 118 valence electrons. The molecule has 1 rings (SSSR count). The number of ketones is 1. The molecule has 0 saturated carbocycles. The minimum absolute atomic E-state index is 0.000126. The molecule has 0 aromatic heterocycles. The summed E-state index contributed by atoms with van der Waals surface area (Å²) in [5.41, 5.74) is 0.559. The third-order valence-electron chi connectivity index (χ3n) is 2.99. The lowest BCUT2D eigenvalue weighted by atomic mass is 10.0. The van der Waals surface area contributed by atoms with Crippen LogP contribution < -0.4 is 14.8 Å². The molecule has 0 amide bonds. The van der Waals surface area contributed by atoms with Crippen LogP contribution in [-0.4, -0.2) is 57.5 Å². The van der Waals surface area contributed by atoms with Gasteiger partial charge in [0.05, 0.1) is 40.1 Å². The molecular weight excluding hydrogens is 274 g/mol. The first kappa shape index (κ1) is 17.4. The van der Waals surface area contributed by atoms with Crippen molar-refractivity contribution in [3.8, 4) is 11.5 Å². The van der Waals surface area contributed by atoms with E-state index in [4.69, 9.17) is 19.3 Å². The molecule has 0 spiro atoms. The van der Waals surface area contributed by atoms with Crippen LogP contribution >= 0.6 is 0 Å². The Morgan fingerprint density at radius 3 is 2.57 bits per heavy atom. The van der Waals surface area contributed by atoms with Crippen molar-refractivity contribution in [1.82, 2.24) is 5.32 Å². The summed E-state index contributed by atoms with van der Waals surface area (Å²) in [5, 5.41) is 11.7. The molecule has 0 bridgehead atoms. The molecule has 0 aliphatic rings. The van der Waals surface area contributed by atoms with Crippen LogP contribution in [0.25, 0.3) is 0 Å². The molecule has 6 heteroatoms. The minimum Gasteiger partial charge on any atom is -0.493 e. The molecule has 0 fully saturated rings. The van der Waals surface area contributed by atoms with Gasteiger partial charge in [0.2, 0.25) is 0 Å². The first-order valence-electron chi connectivity index (χ1n) is 6.82. The van der Waals surface area contributed by atoms with Crippen molar-refractivity contribution in [3.05, 3.63) is 23.8 Å². The van der Waals surface area contributed by atoms with E-state index >= 15 is 0 Å². The Morgan fingerprint density at radius 2 is 1.95 bits per heavy atom. The second-order valence-corrected chi connectivity index (χ2v) is 4.45. The first-order chi connectivity index (χ1) is 10.1. The lowest BCUT2D eigenvalue weighted by Gasteiger charge is -2.14. The Morgan fingerprint density at radius 1 is 1.24 bits per heavy atom. The number of methoxy groups -OCH3 is 2. The molecule has 0 aliphatic heterocycles. The number of benzene rings is 1. The molecule has 1 aromatic rings. The number of carbonyl (C=O) groups is 1. The molecule has 1 aromatic carbocycles. The zero-order valence-electron chi connectivity index (χ0n) is 12.7. The molecule has 0 saturated heterocycles. The van der Waals surface area contributed by atoms with Gasteiger partial charge in [0.1, 0.15) is 0 Å². The maximum Gasteiger partial charge on any atom is 0.179 e. The summed E-state index contributed by atoms with van der Waals surface area (Å²) in [6.45, 7) is 3.09. The fourth-order valence-corrected chi connectivity index (χ4v) is 1.85. The zero-order valence-corrected chi connectivity index (χ0v) is 12.7. The molecule has 21 heavy (non-hydrogen) atoms. The summed E-state index contributed by atoms with van der Waals surface area (Å²) < 4.78 is 15.5. The maximum absolute atomic E-state index is 12.3. The number of carbonyl (C=O) groups excluding carboxylic acids is 1. The van der Waals surface area contributed by atoms with E-state index in [-0.39, 0.29) is 18.4 Å². The largest absolute Gasteiger partial charge is 0.493 e. The van der Waals surface area contributed by atoms with Crippen LogP contribution in [0.5, 0.6) is 11.5 Å². The van der Waals surface area contributed by atoms with Gasteiger partial charge in [-0.05, 0) is 25.1 Å². The topological polar surface area (TPSA) is 77.0 Å². The third-order valence-corrected chi connectivity index (χ3v) is 2.99. The highest BCUT2D eigenvalue weighted by Gasteiger charge is 2.16. The predicted molar refractivity (Wildman–Crippen MR) is 79.2 cm³/mol. The third kappa shape index (κ3) is 5.34. The van der Waals surface area contributed by atoms with Gasteiger partial charge in [0.15, 0.2) is 17.3 Å². The van der Waals surface area contributed by atoms with Crippen LogP contribution in [0.2, 0.25) is 0 Å². The van der Waals surface area contributed by atoms with Gasteiger partial charge in [0.25, 0.3) is 0 Å². The van der Waals surface area contributed by atoms with Gasteiger partial charge in [-0.15, -0.1) is 0 Å². The van der Waals surface area contributed by atoms with Crippen LogP contribution in [0.3, 0.4) is 0 Å². The second kappa shape index (κ2) is 9.33. The Balaban J connectivity index is 2.57. The lowest BCUT2D eigenvalue weighted by Crippen LogP contribution is -2.36. The van der Waals surface area contributed by atoms with E-state index < -0.39 is 0 Å². The molecule has 0 radical (unpaired) electrons. The number of Topliss-reactive ketones (excluding diaryl/α,β-unsaturated/α-hetero) is 1. The van der Waals surface area contributed by atoms with Crippen molar-refractivity contribution < 1.29 is 24.1 Å². The molecular formula is C15H23NO5. The van der Waals surface area contributed by atoms with Crippen molar-refractivity contribution in [3.63, 3.8) is 0 Å². The fourth-order valence-electron chi connectivity index (χ4n) is 1.85. The Kier molecular flexibility index (Phi) is 7.74. The molecule has 2 N–H and O–H groups in total. The molecule has 0 heterocycles. The molecule has 1 unspecified atom stereocenters. The van der Waals surface area contributed by atoms with Crippen molar-refractivity contribution in [2.45, 2.75) is 13.0 Å². The SMILES string of the molecule is COc1ccc(C(=O)C(C)NCCOCCO)cc1OC. The quantitative estimate of drug-likeness (QED) is 0.493. The highest BCUT2D eigenvalue weighted by Crippen LogP contribution is 2.27. The Bertz CT molecular complexity index is 450. The summed E-state index contributed by atoms with van der Waals surface area (Å²) in [7, 11) is 3.09. The zero-order chi connectivity index (χ0) is 15.7. The van der Waals surface area contributed by atoms with E-state index in [9.17, 15) is 4.79 Å². The summed E-state index contributed by atoms with van der Waals surface area (Å²) in [6, 6.07) is 4.76. The first-order valence-corrected chi connectivity index (χ1v) is 6.82. The number of nitrogens with one attached hydrogen (secondary N) is 1. The van der Waals surface area contributed by atoms with E-state index in [0.29, 0.717) is 36.8 Å². The van der Waals surface area contributed by atoms with Gasteiger partial charge in [-0.3, -0.25) is 4.79 Å². The number of ether oxygens (including phenoxy) is 3. The van der Waals surface area contributed by atoms with Crippen molar-refractivity contribution >= 4 is 5.78 Å². The lowest BCUT2D eigenvalue weighted by molar-refractivity contribution is 0.0870. The molecule has 6 nitrogen and oxygen atoms in total. The van der Waals surface area contributed by atoms with Crippen LogP contribution in [0.15, 0.2) is 18.2 Å². The predicted octanol–water partition coefficient (Wildman–Crippen LogP) is 0.873. The number of hydrogen-bond donors (Lipinski definition) is 2. The average Bonchev–Trinajstić information content (AvgIpc) is 2.53. The monoisotopic (exact) mass is 297 g/mol. The Hall–Kier alpha value is -1.63. The van der Waals surface area contributed by atoms with Gasteiger partial charge in [-0.2, -0.15) is 0 Å². The summed E-state index contributed by atoms with van der Waals surface area (Å²) >= 11 is 0. The van der Waals surface area contributed by atoms with Gasteiger partial charge in [-0.1, -0.05) is 0 Å². The van der Waals surface area contributed by atoms with Crippen molar-refractivity contribution in [2.24, 2.45) is 0 Å². The summed E-state index contributed by atoms with van der Waals surface area (Å²) in [5.74, 6) is 1.09. The van der Waals surface area contributed by atoms with Crippen molar-refractivity contribution in [2.75, 3.05) is 40.6 Å². The maximum atomic E-state index is 12.3. The highest BCUT2D eigenvalue weighted by atomic mass is 16.5. The standard InChI is InChI=1S/C15H23NO5/c1-11(16-6-8-21-9-7-17)15(18)12-4-5-13(19-2)14(10-12)20-3/h4-5,10-11,16-17H,6-9H2,1-3H3. The minimum atomic E-state index is -0.333. The summed E-state index contributed by atoms with van der Waals surface area (Å²) in [6.07, 6.45) is 0. The van der Waals surface area contributed by atoms with Crippen molar-refractivity contribution in [1.29, 1.82) is 0 Å². The van der Waals surface area contributed by atoms with Crippen LogP contribution in [0.4, 0.5) is 0 Å². The second-order valence-electron chi connectivity index (χ2n) is 4.45. The molecule has 0 aliphatic carbocycles. The van der Waals surface area contributed by atoms with Gasteiger partial charge in [0, 0.05) is 12.1 Å². The van der Waals surface area contributed by atoms with E-state index in [1.54, 1.807) is 32.2 Å². The highest BCUT2D eigenvalue weighted by molar-refractivity contribution is 6.00. The molecule has 1 atom stereocenters. The Labute approximate surface area is 125 Å².